The van der Waals surface area contributed by atoms with Crippen molar-refractivity contribution >= 4 is 17.4 Å². The summed E-state index contributed by atoms with van der Waals surface area (Å²) in [6.07, 6.45) is 0. The summed E-state index contributed by atoms with van der Waals surface area (Å²) in [5.74, 6) is 0.473. The number of likely N-dealkylation sites (tertiary alicyclic amines) is 2. The molecule has 3 atom stereocenters. The van der Waals surface area contributed by atoms with Crippen molar-refractivity contribution in [1.29, 1.82) is 0 Å². The number of aromatic nitrogens is 1. The molecular weight excluding hydrogens is 363 g/mol. The maximum atomic E-state index is 13.9. The SMILES string of the molecule is Cc1csc(CN2C[C@@H]3CN(C(=O)N(C)C)[C@@H](c4cccc(F)c4)[C@@H]3C2)n1. The number of carbonyl (C=O) groups excluding carboxylic acids is 1. The standard InChI is InChI=1S/C20H25FN4OS/c1-13-12-27-18(22-13)11-24-8-15-9-25(20(26)23(2)3)19(17(15)10-24)14-5-4-6-16(21)7-14/h4-7,12,15,17,19H,8-11H2,1-3H3/t15-,17-,19+/m1/s1. The van der Waals surface area contributed by atoms with Crippen LogP contribution >= 0.6 is 11.3 Å². The van der Waals surface area contributed by atoms with E-state index in [0.29, 0.717) is 11.8 Å². The molecule has 1 aromatic heterocycles. The lowest BCUT2D eigenvalue weighted by atomic mass is 9.89. The van der Waals surface area contributed by atoms with Crippen molar-refractivity contribution in [2.75, 3.05) is 33.7 Å². The topological polar surface area (TPSA) is 39.7 Å². The van der Waals surface area contributed by atoms with Gasteiger partial charge in [-0.2, -0.15) is 0 Å². The maximum absolute atomic E-state index is 13.9. The first kappa shape index (κ1) is 18.4. The highest BCUT2D eigenvalue weighted by Gasteiger charge is 2.49. The van der Waals surface area contributed by atoms with E-state index in [1.54, 1.807) is 42.5 Å². The van der Waals surface area contributed by atoms with E-state index in [-0.39, 0.29) is 17.9 Å². The van der Waals surface area contributed by atoms with Gasteiger partial charge in [0, 0.05) is 50.7 Å². The molecule has 144 valence electrons. The monoisotopic (exact) mass is 388 g/mol. The minimum absolute atomic E-state index is 0.000703. The summed E-state index contributed by atoms with van der Waals surface area (Å²) in [7, 11) is 3.55. The van der Waals surface area contributed by atoms with Gasteiger partial charge in [0.2, 0.25) is 0 Å². The van der Waals surface area contributed by atoms with Gasteiger partial charge >= 0.3 is 6.03 Å². The first-order valence-corrected chi connectivity index (χ1v) is 10.2. The van der Waals surface area contributed by atoms with Gasteiger partial charge in [-0.1, -0.05) is 12.1 Å². The highest BCUT2D eigenvalue weighted by molar-refractivity contribution is 7.09. The molecule has 2 amide bonds. The normalized spacial score (nSPS) is 25.0. The van der Waals surface area contributed by atoms with E-state index in [2.05, 4.69) is 15.3 Å². The molecule has 0 spiro atoms. The minimum Gasteiger partial charge on any atom is -0.331 e. The van der Waals surface area contributed by atoms with Gasteiger partial charge in [-0.15, -0.1) is 11.3 Å². The van der Waals surface area contributed by atoms with E-state index < -0.39 is 0 Å². The van der Waals surface area contributed by atoms with Crippen molar-refractivity contribution in [2.24, 2.45) is 11.8 Å². The molecule has 0 unspecified atom stereocenters. The number of nitrogens with zero attached hydrogens (tertiary/aromatic N) is 4. The molecule has 1 aromatic carbocycles. The van der Waals surface area contributed by atoms with Crippen molar-refractivity contribution in [1.82, 2.24) is 19.7 Å². The van der Waals surface area contributed by atoms with Gasteiger partial charge in [-0.05, 0) is 30.5 Å². The summed E-state index contributed by atoms with van der Waals surface area (Å²) >= 11 is 1.70. The average Bonchev–Trinajstić information content (AvgIpc) is 3.28. The summed E-state index contributed by atoms with van der Waals surface area (Å²) in [5, 5.41) is 3.22. The predicted octanol–water partition coefficient (Wildman–Crippen LogP) is 3.38. The van der Waals surface area contributed by atoms with Crippen LogP contribution in [0.2, 0.25) is 0 Å². The molecule has 2 aliphatic rings. The summed E-state index contributed by atoms with van der Waals surface area (Å²) in [6, 6.07) is 6.64. The van der Waals surface area contributed by atoms with Crippen molar-refractivity contribution in [3.8, 4) is 0 Å². The van der Waals surface area contributed by atoms with Crippen molar-refractivity contribution in [2.45, 2.75) is 19.5 Å². The Morgan fingerprint density at radius 3 is 2.81 bits per heavy atom. The van der Waals surface area contributed by atoms with Crippen LogP contribution in [0, 0.1) is 24.6 Å². The number of hydrogen-bond acceptors (Lipinski definition) is 4. The largest absolute Gasteiger partial charge is 0.331 e. The van der Waals surface area contributed by atoms with Crippen LogP contribution in [0.1, 0.15) is 22.3 Å². The lowest BCUT2D eigenvalue weighted by molar-refractivity contribution is 0.151. The Morgan fingerprint density at radius 1 is 1.33 bits per heavy atom. The fourth-order valence-corrected chi connectivity index (χ4v) is 5.32. The lowest BCUT2D eigenvalue weighted by Gasteiger charge is -2.31. The number of rotatable bonds is 3. The Bertz CT molecular complexity index is 839. The number of fused-ring (bicyclic) bond motifs is 1. The molecule has 4 rings (SSSR count). The van der Waals surface area contributed by atoms with Crippen LogP contribution in [-0.4, -0.2) is 59.4 Å². The number of thiazole rings is 1. The summed E-state index contributed by atoms with van der Waals surface area (Å²) < 4.78 is 13.9. The van der Waals surface area contributed by atoms with E-state index in [9.17, 15) is 9.18 Å². The Kier molecular flexibility index (Phi) is 4.90. The Hall–Kier alpha value is -1.99. The zero-order valence-electron chi connectivity index (χ0n) is 15.9. The predicted molar refractivity (Wildman–Crippen MR) is 104 cm³/mol. The fourth-order valence-electron chi connectivity index (χ4n) is 4.50. The quantitative estimate of drug-likeness (QED) is 0.809. The van der Waals surface area contributed by atoms with Crippen LogP contribution in [0.4, 0.5) is 9.18 Å². The molecule has 2 saturated heterocycles. The van der Waals surface area contributed by atoms with Crippen LogP contribution in [0.25, 0.3) is 0 Å². The van der Waals surface area contributed by atoms with Gasteiger partial charge in [0.25, 0.3) is 0 Å². The molecule has 0 saturated carbocycles. The molecule has 0 radical (unpaired) electrons. The van der Waals surface area contributed by atoms with E-state index >= 15 is 0 Å². The molecule has 0 N–H and O–H groups in total. The second kappa shape index (κ2) is 7.20. The second-order valence-electron chi connectivity index (χ2n) is 7.83. The molecule has 3 heterocycles. The molecule has 2 aliphatic heterocycles. The van der Waals surface area contributed by atoms with Gasteiger partial charge in [-0.3, -0.25) is 4.90 Å². The van der Waals surface area contributed by atoms with Gasteiger partial charge in [0.1, 0.15) is 10.8 Å². The fraction of sp³-hybridized carbons (Fsp3) is 0.500. The highest BCUT2D eigenvalue weighted by atomic mass is 32.1. The van der Waals surface area contributed by atoms with Crippen LogP contribution in [0.5, 0.6) is 0 Å². The van der Waals surface area contributed by atoms with E-state index in [0.717, 1.165) is 42.4 Å². The summed E-state index contributed by atoms with van der Waals surface area (Å²) in [5.41, 5.74) is 1.96. The smallest absolute Gasteiger partial charge is 0.320 e. The third-order valence-corrected chi connectivity index (χ3v) is 6.54. The van der Waals surface area contributed by atoms with Gasteiger partial charge in [0.05, 0.1) is 12.6 Å². The molecule has 0 bridgehead atoms. The van der Waals surface area contributed by atoms with Crippen molar-refractivity contribution < 1.29 is 9.18 Å². The Morgan fingerprint density at radius 2 is 2.15 bits per heavy atom. The number of urea groups is 1. The lowest BCUT2D eigenvalue weighted by Crippen LogP contribution is -2.41. The average molecular weight is 389 g/mol. The van der Waals surface area contributed by atoms with Crippen molar-refractivity contribution in [3.63, 3.8) is 0 Å². The third-order valence-electron chi connectivity index (χ3n) is 5.58. The minimum atomic E-state index is -0.249. The molecule has 0 aliphatic carbocycles. The molecule has 7 heteroatoms. The third kappa shape index (κ3) is 3.58. The van der Waals surface area contributed by atoms with Crippen LogP contribution in [-0.2, 0) is 6.54 Å². The molecule has 27 heavy (non-hydrogen) atoms. The van der Waals surface area contributed by atoms with Crippen LogP contribution in [0.15, 0.2) is 29.6 Å². The zero-order chi connectivity index (χ0) is 19.1. The number of benzene rings is 1. The van der Waals surface area contributed by atoms with Crippen LogP contribution < -0.4 is 0 Å². The zero-order valence-corrected chi connectivity index (χ0v) is 16.7. The number of hydrogen-bond donors (Lipinski definition) is 0. The Labute approximate surface area is 163 Å². The number of amides is 2. The molecule has 5 nitrogen and oxygen atoms in total. The van der Waals surface area contributed by atoms with Gasteiger partial charge < -0.3 is 9.80 Å². The molecular formula is C20H25FN4OS. The van der Waals surface area contributed by atoms with E-state index in [1.807, 2.05) is 17.9 Å². The summed E-state index contributed by atoms with van der Waals surface area (Å²) in [6.45, 7) is 5.44. The van der Waals surface area contributed by atoms with E-state index in [1.165, 1.54) is 6.07 Å². The Balaban J connectivity index is 1.57. The van der Waals surface area contributed by atoms with Gasteiger partial charge in [0.15, 0.2) is 0 Å². The highest BCUT2D eigenvalue weighted by Crippen LogP contribution is 2.45. The van der Waals surface area contributed by atoms with Gasteiger partial charge in [-0.25, -0.2) is 14.2 Å². The summed E-state index contributed by atoms with van der Waals surface area (Å²) in [4.78, 5) is 23.3. The van der Waals surface area contributed by atoms with Crippen molar-refractivity contribution in [3.05, 3.63) is 51.7 Å². The van der Waals surface area contributed by atoms with E-state index in [4.69, 9.17) is 0 Å². The molecule has 2 fully saturated rings. The first-order chi connectivity index (χ1) is 12.9. The molecule has 2 aromatic rings. The maximum Gasteiger partial charge on any atom is 0.320 e. The second-order valence-corrected chi connectivity index (χ2v) is 8.77. The van der Waals surface area contributed by atoms with Crippen LogP contribution in [0.3, 0.4) is 0 Å². The number of carbonyl (C=O) groups is 1. The number of halogens is 1. The first-order valence-electron chi connectivity index (χ1n) is 9.29. The number of aryl methyl sites for hydroxylation is 1.